The first-order valence-corrected chi connectivity index (χ1v) is 15.7. The molecule has 2 aromatic carbocycles. The molecule has 1 aromatic heterocycles. The summed E-state index contributed by atoms with van der Waals surface area (Å²) in [6.07, 6.45) is 7.23. The van der Waals surface area contributed by atoms with Gasteiger partial charge in [0.25, 0.3) is 0 Å². The van der Waals surface area contributed by atoms with Crippen molar-refractivity contribution >= 4 is 34.9 Å². The number of rotatable bonds is 10. The summed E-state index contributed by atoms with van der Waals surface area (Å²) in [4.78, 5) is 23.0. The van der Waals surface area contributed by atoms with Crippen molar-refractivity contribution in [2.45, 2.75) is 31.3 Å². The Morgan fingerprint density at radius 1 is 1.05 bits per heavy atom. The van der Waals surface area contributed by atoms with E-state index in [1.165, 1.54) is 5.69 Å². The largest absolute Gasteiger partial charge is 0.491 e. The number of likely N-dealkylation sites (tertiary alicyclic amines) is 1. The number of hydrogen-bond acceptors (Lipinski definition) is 7. The molecule has 1 N–H and O–H groups in total. The molecule has 3 aliphatic rings. The summed E-state index contributed by atoms with van der Waals surface area (Å²) in [7, 11) is 0. The topological polar surface area (TPSA) is 84.3 Å². The number of nitrogens with zero attached hydrogens (tertiary/aromatic N) is 5. The maximum absolute atomic E-state index is 12.2. The first-order chi connectivity index (χ1) is 21.0. The molecule has 3 aromatic rings. The van der Waals surface area contributed by atoms with Crippen LogP contribution in [0.15, 0.2) is 61.2 Å². The van der Waals surface area contributed by atoms with Gasteiger partial charge in [-0.15, -0.1) is 0 Å². The number of hydrogen-bond donors (Lipinski definition) is 1. The Labute approximate surface area is 262 Å². The lowest BCUT2D eigenvalue weighted by Gasteiger charge is -2.36. The number of aromatic nitrogens is 2. The minimum absolute atomic E-state index is 0.0743. The Morgan fingerprint density at radius 2 is 1.84 bits per heavy atom. The lowest BCUT2D eigenvalue weighted by molar-refractivity contribution is -0.189. The molecule has 10 nitrogen and oxygen atoms in total. The minimum Gasteiger partial charge on any atom is -0.491 e. The highest BCUT2D eigenvalue weighted by Gasteiger charge is 2.45. The van der Waals surface area contributed by atoms with Crippen molar-refractivity contribution in [3.63, 3.8) is 0 Å². The predicted octanol–water partition coefficient (Wildman–Crippen LogP) is 4.46. The zero-order valence-electron chi connectivity index (χ0n) is 24.2. The number of piperazine rings is 1. The lowest BCUT2D eigenvalue weighted by Crippen LogP contribution is -2.49. The van der Waals surface area contributed by atoms with Gasteiger partial charge in [0.15, 0.2) is 0 Å². The maximum atomic E-state index is 12.2. The molecule has 4 heterocycles. The second kappa shape index (κ2) is 13.7. The molecule has 3 saturated heterocycles. The molecule has 3 aliphatic heterocycles. The van der Waals surface area contributed by atoms with Crippen LogP contribution in [0.1, 0.15) is 18.4 Å². The van der Waals surface area contributed by atoms with Crippen LogP contribution < -0.4 is 15.0 Å². The van der Waals surface area contributed by atoms with Crippen LogP contribution in [0.3, 0.4) is 0 Å². The number of anilines is 1. The number of benzene rings is 2. The molecule has 2 atom stereocenters. The predicted molar refractivity (Wildman–Crippen MR) is 166 cm³/mol. The highest BCUT2D eigenvalue weighted by atomic mass is 35.5. The van der Waals surface area contributed by atoms with Gasteiger partial charge in [0.1, 0.15) is 18.5 Å². The summed E-state index contributed by atoms with van der Waals surface area (Å²) in [5.74, 6) is -0.307. The summed E-state index contributed by atoms with van der Waals surface area (Å²) in [5, 5.41) is 4.10. The van der Waals surface area contributed by atoms with E-state index in [1.807, 2.05) is 33.9 Å². The van der Waals surface area contributed by atoms with Crippen LogP contribution >= 0.6 is 23.2 Å². The molecule has 0 spiro atoms. The van der Waals surface area contributed by atoms with Gasteiger partial charge in [-0.3, -0.25) is 4.90 Å². The lowest BCUT2D eigenvalue weighted by atomic mass is 10.1. The molecule has 2 amide bonds. The van der Waals surface area contributed by atoms with E-state index in [2.05, 4.69) is 32.2 Å². The molecule has 0 radical (unpaired) electrons. The van der Waals surface area contributed by atoms with Crippen LogP contribution in [0.4, 0.5) is 10.5 Å². The third-order valence-corrected chi connectivity index (χ3v) is 8.81. The van der Waals surface area contributed by atoms with E-state index in [0.717, 1.165) is 64.4 Å². The van der Waals surface area contributed by atoms with Crippen molar-refractivity contribution in [3.8, 4) is 5.75 Å². The third kappa shape index (κ3) is 7.38. The normalized spacial score (nSPS) is 22.7. The summed E-state index contributed by atoms with van der Waals surface area (Å²) in [5.41, 5.74) is 1.89. The molecule has 0 bridgehead atoms. The van der Waals surface area contributed by atoms with E-state index in [0.29, 0.717) is 41.9 Å². The number of carbonyl (C=O) groups excluding carboxylic acids is 1. The number of nitrogens with one attached hydrogen (secondary N) is 1. The van der Waals surface area contributed by atoms with Gasteiger partial charge in [0, 0.05) is 81.0 Å². The molecule has 12 heteroatoms. The smallest absolute Gasteiger partial charge is 0.317 e. The quantitative estimate of drug-likeness (QED) is 0.355. The SMILES string of the molecule is O=C(NCCN1CCN(c2ccc(OC[C@@H]3CO[C@@](Cn4ccnc4)(c4ccc(Cl)cc4Cl)O3)cc2)CC1)N1CCCC1. The maximum Gasteiger partial charge on any atom is 0.317 e. The van der Waals surface area contributed by atoms with E-state index >= 15 is 0 Å². The number of ether oxygens (including phenoxy) is 3. The summed E-state index contributed by atoms with van der Waals surface area (Å²) in [6, 6.07) is 13.6. The number of amides is 2. The number of carbonyl (C=O) groups is 1. The van der Waals surface area contributed by atoms with Gasteiger partial charge in [-0.1, -0.05) is 29.3 Å². The first kappa shape index (κ1) is 30.0. The van der Waals surface area contributed by atoms with Gasteiger partial charge in [0.05, 0.1) is 24.5 Å². The van der Waals surface area contributed by atoms with Gasteiger partial charge < -0.3 is 33.9 Å². The van der Waals surface area contributed by atoms with E-state index in [9.17, 15) is 4.79 Å². The van der Waals surface area contributed by atoms with Crippen LogP contribution in [0.25, 0.3) is 0 Å². The Bertz CT molecular complexity index is 1350. The third-order valence-electron chi connectivity index (χ3n) is 8.26. The molecular formula is C31H38Cl2N6O4. The second-order valence-electron chi connectivity index (χ2n) is 11.2. The van der Waals surface area contributed by atoms with Crippen molar-refractivity contribution in [3.05, 3.63) is 76.8 Å². The van der Waals surface area contributed by atoms with E-state index < -0.39 is 5.79 Å². The first-order valence-electron chi connectivity index (χ1n) is 14.9. The number of imidazole rings is 1. The number of urea groups is 1. The van der Waals surface area contributed by atoms with E-state index in [-0.39, 0.29) is 12.1 Å². The van der Waals surface area contributed by atoms with Gasteiger partial charge in [-0.05, 0) is 49.2 Å². The molecule has 6 rings (SSSR count). The average molecular weight is 630 g/mol. The summed E-state index contributed by atoms with van der Waals surface area (Å²) >= 11 is 12.7. The number of halogens is 2. The molecule has 0 saturated carbocycles. The van der Waals surface area contributed by atoms with Gasteiger partial charge in [-0.25, -0.2) is 9.78 Å². The van der Waals surface area contributed by atoms with Crippen molar-refractivity contribution < 1.29 is 19.0 Å². The van der Waals surface area contributed by atoms with Crippen LogP contribution in [0.5, 0.6) is 5.75 Å². The van der Waals surface area contributed by atoms with Crippen LogP contribution in [-0.4, -0.2) is 97.1 Å². The zero-order chi connectivity index (χ0) is 29.6. The van der Waals surface area contributed by atoms with Crippen LogP contribution in [0.2, 0.25) is 10.0 Å². The molecular weight excluding hydrogens is 591 g/mol. The van der Waals surface area contributed by atoms with Gasteiger partial charge in [-0.2, -0.15) is 0 Å². The van der Waals surface area contributed by atoms with E-state index in [1.54, 1.807) is 24.7 Å². The van der Waals surface area contributed by atoms with Crippen molar-refractivity contribution in [1.29, 1.82) is 0 Å². The average Bonchev–Trinajstić information content (AvgIpc) is 3.81. The molecule has 0 unspecified atom stereocenters. The summed E-state index contributed by atoms with van der Waals surface area (Å²) < 4.78 is 20.8. The van der Waals surface area contributed by atoms with Gasteiger partial charge >= 0.3 is 6.03 Å². The van der Waals surface area contributed by atoms with Crippen LogP contribution in [0, 0.1) is 0 Å². The minimum atomic E-state index is -1.08. The highest BCUT2D eigenvalue weighted by Crippen LogP contribution is 2.40. The zero-order valence-corrected chi connectivity index (χ0v) is 25.7. The molecule has 230 valence electrons. The second-order valence-corrected chi connectivity index (χ2v) is 12.1. The Hall–Kier alpha value is -3.02. The fourth-order valence-corrected chi connectivity index (χ4v) is 6.45. The molecule has 3 fully saturated rings. The van der Waals surface area contributed by atoms with Crippen molar-refractivity contribution in [2.75, 3.05) is 70.5 Å². The molecule has 0 aliphatic carbocycles. The fourth-order valence-electron chi connectivity index (χ4n) is 5.90. The Balaban J connectivity index is 0.973. The van der Waals surface area contributed by atoms with Crippen molar-refractivity contribution in [2.24, 2.45) is 0 Å². The monoisotopic (exact) mass is 628 g/mol. The highest BCUT2D eigenvalue weighted by molar-refractivity contribution is 6.35. The summed E-state index contributed by atoms with van der Waals surface area (Å²) in [6.45, 7) is 8.23. The molecule has 43 heavy (non-hydrogen) atoms. The Morgan fingerprint density at radius 3 is 2.56 bits per heavy atom. The standard InChI is InChI=1S/C31H38Cl2N6O4/c32-24-3-8-28(29(33)19-24)31(22-37-13-9-34-23-37)42-21-27(43-31)20-41-26-6-4-25(5-7-26)38-17-15-36(16-18-38)14-10-35-30(40)39-11-1-2-12-39/h3-9,13,19,23,27H,1-2,10-12,14-18,20-22H2,(H,35,40)/t27-,31-/m1/s1. The van der Waals surface area contributed by atoms with Gasteiger partial charge in [0.2, 0.25) is 5.79 Å². The van der Waals surface area contributed by atoms with Crippen LogP contribution in [-0.2, 0) is 21.8 Å². The fraction of sp³-hybridized carbons (Fsp3) is 0.484. The Kier molecular flexibility index (Phi) is 9.59. The van der Waals surface area contributed by atoms with Crippen molar-refractivity contribution in [1.82, 2.24) is 24.7 Å². The van der Waals surface area contributed by atoms with E-state index in [4.69, 9.17) is 37.4 Å².